The molecule has 8 heteroatoms. The molecular formula is C23H25N3O5. The minimum atomic E-state index is -0.972. The number of aromatic hydroxyl groups is 1. The van der Waals surface area contributed by atoms with Crippen LogP contribution in [0.25, 0.3) is 22.3 Å². The second-order valence-corrected chi connectivity index (χ2v) is 7.98. The first-order valence-electron chi connectivity index (χ1n) is 10.1. The van der Waals surface area contributed by atoms with Gasteiger partial charge in [-0.05, 0) is 36.2 Å². The molecule has 0 amide bonds. The maximum Gasteiger partial charge on any atom is 0.310 e. The van der Waals surface area contributed by atoms with Crippen LogP contribution in [0.4, 0.5) is 5.69 Å². The van der Waals surface area contributed by atoms with Crippen LogP contribution in [-0.4, -0.2) is 46.9 Å². The van der Waals surface area contributed by atoms with Crippen molar-refractivity contribution in [3.63, 3.8) is 0 Å². The lowest BCUT2D eigenvalue weighted by atomic mass is 9.92. The van der Waals surface area contributed by atoms with Crippen molar-refractivity contribution in [1.82, 2.24) is 9.55 Å². The highest BCUT2D eigenvalue weighted by Crippen LogP contribution is 2.39. The van der Waals surface area contributed by atoms with Gasteiger partial charge in [0.2, 0.25) is 0 Å². The Hall–Kier alpha value is -3.39. The molecule has 3 aromatic rings. The number of fused-ring (bicyclic) bond motifs is 4. The Morgan fingerprint density at radius 3 is 2.68 bits per heavy atom. The van der Waals surface area contributed by atoms with E-state index in [9.17, 15) is 19.8 Å². The lowest BCUT2D eigenvalue weighted by molar-refractivity contribution is -0.138. The second-order valence-electron chi connectivity index (χ2n) is 7.98. The largest absolute Gasteiger partial charge is 0.506 e. The Kier molecular flexibility index (Phi) is 5.18. The number of carbonyl (C=O) groups is 1. The van der Waals surface area contributed by atoms with E-state index in [-0.39, 0.29) is 17.9 Å². The lowest BCUT2D eigenvalue weighted by Crippen LogP contribution is -2.27. The number of hydrogen-bond acceptors (Lipinski definition) is 6. The van der Waals surface area contributed by atoms with Crippen molar-refractivity contribution in [2.45, 2.75) is 32.4 Å². The zero-order valence-electron chi connectivity index (χ0n) is 18.0. The van der Waals surface area contributed by atoms with Gasteiger partial charge in [-0.15, -0.1) is 0 Å². The summed E-state index contributed by atoms with van der Waals surface area (Å²) in [5.41, 5.74) is 4.05. The van der Waals surface area contributed by atoms with Crippen LogP contribution >= 0.6 is 0 Å². The number of pyridine rings is 2. The van der Waals surface area contributed by atoms with Crippen LogP contribution in [0.2, 0.25) is 0 Å². The molecule has 0 saturated carbocycles. The van der Waals surface area contributed by atoms with Crippen LogP contribution in [0.3, 0.4) is 0 Å². The number of hydrogen-bond donors (Lipinski definition) is 2. The minimum absolute atomic E-state index is 0.0443. The number of ether oxygens (including phenoxy) is 1. The highest BCUT2D eigenvalue weighted by Gasteiger charge is 2.30. The van der Waals surface area contributed by atoms with Gasteiger partial charge < -0.3 is 24.4 Å². The molecule has 2 aromatic heterocycles. The number of anilines is 1. The molecule has 0 aliphatic carbocycles. The van der Waals surface area contributed by atoms with Crippen LogP contribution in [0.15, 0.2) is 29.1 Å². The molecule has 4 rings (SSSR count). The summed E-state index contributed by atoms with van der Waals surface area (Å²) in [4.78, 5) is 31.8. The maximum absolute atomic E-state index is 13.3. The van der Waals surface area contributed by atoms with Gasteiger partial charge in [-0.3, -0.25) is 9.59 Å². The van der Waals surface area contributed by atoms with Crippen LogP contribution < -0.4 is 10.5 Å². The number of rotatable bonds is 6. The van der Waals surface area contributed by atoms with Gasteiger partial charge in [0.1, 0.15) is 5.75 Å². The Labute approximate surface area is 179 Å². The number of aromatic nitrogens is 2. The van der Waals surface area contributed by atoms with Crippen molar-refractivity contribution in [2.75, 3.05) is 26.1 Å². The van der Waals surface area contributed by atoms with Crippen molar-refractivity contribution in [3.05, 3.63) is 51.3 Å². The minimum Gasteiger partial charge on any atom is -0.506 e. The van der Waals surface area contributed by atoms with Crippen molar-refractivity contribution in [2.24, 2.45) is 0 Å². The molecular weight excluding hydrogens is 398 g/mol. The highest BCUT2D eigenvalue weighted by molar-refractivity contribution is 5.97. The number of aliphatic carboxylic acids is 1. The van der Waals surface area contributed by atoms with E-state index in [0.29, 0.717) is 46.7 Å². The van der Waals surface area contributed by atoms with Crippen molar-refractivity contribution in [1.29, 1.82) is 0 Å². The van der Waals surface area contributed by atoms with Crippen LogP contribution in [0.1, 0.15) is 36.0 Å². The normalized spacial score (nSPS) is 13.2. The Morgan fingerprint density at radius 1 is 1.32 bits per heavy atom. The van der Waals surface area contributed by atoms with E-state index >= 15 is 0 Å². The predicted octanol–water partition coefficient (Wildman–Crippen LogP) is 2.92. The first-order chi connectivity index (χ1) is 14.8. The van der Waals surface area contributed by atoms with Crippen molar-refractivity contribution >= 4 is 22.6 Å². The molecule has 2 N–H and O–H groups in total. The summed E-state index contributed by atoms with van der Waals surface area (Å²) in [6.45, 7) is 2.16. The van der Waals surface area contributed by atoms with E-state index in [0.717, 1.165) is 10.9 Å². The number of nitrogens with zero attached hydrogens (tertiary/aromatic N) is 3. The smallest absolute Gasteiger partial charge is 0.310 e. The summed E-state index contributed by atoms with van der Waals surface area (Å²) in [5, 5.41) is 20.8. The fourth-order valence-corrected chi connectivity index (χ4v) is 4.43. The first-order valence-corrected chi connectivity index (χ1v) is 10.1. The molecule has 3 heterocycles. The van der Waals surface area contributed by atoms with Crippen LogP contribution in [-0.2, 0) is 22.7 Å². The first kappa shape index (κ1) is 20.9. The quantitative estimate of drug-likeness (QED) is 0.491. The molecule has 1 aromatic carbocycles. The fourth-order valence-electron chi connectivity index (χ4n) is 4.43. The number of carboxylic acids is 1. The molecule has 1 aliphatic rings. The van der Waals surface area contributed by atoms with Gasteiger partial charge >= 0.3 is 5.97 Å². The summed E-state index contributed by atoms with van der Waals surface area (Å²) >= 11 is 0. The van der Waals surface area contributed by atoms with E-state index in [1.807, 2.05) is 25.1 Å². The fraction of sp³-hybridized carbons (Fsp3) is 0.348. The van der Waals surface area contributed by atoms with Gasteiger partial charge in [0.05, 0.1) is 41.7 Å². The zero-order valence-corrected chi connectivity index (χ0v) is 18.0. The van der Waals surface area contributed by atoms with Gasteiger partial charge in [-0.1, -0.05) is 6.92 Å². The highest BCUT2D eigenvalue weighted by atomic mass is 16.5. The predicted molar refractivity (Wildman–Crippen MR) is 118 cm³/mol. The molecule has 0 spiro atoms. The van der Waals surface area contributed by atoms with Crippen LogP contribution in [0, 0.1) is 0 Å². The van der Waals surface area contributed by atoms with E-state index in [4.69, 9.17) is 9.72 Å². The molecule has 31 heavy (non-hydrogen) atoms. The number of methoxy groups -OCH3 is 1. The van der Waals surface area contributed by atoms with E-state index in [2.05, 4.69) is 0 Å². The standard InChI is InChI=1S/C23H25N3O5/c1-5-13(23(29)30)14-9-18-20-12(10-26(18)22(28)16(14)11-31-4)8-15-17(24-20)6-7-19(27)21(15)25(2)3/h6-9,13,27H,5,10-11H2,1-4H3,(H,29,30). The maximum atomic E-state index is 13.3. The monoisotopic (exact) mass is 423 g/mol. The molecule has 0 radical (unpaired) electrons. The van der Waals surface area contributed by atoms with E-state index in [1.54, 1.807) is 29.7 Å². The third kappa shape index (κ3) is 3.23. The summed E-state index contributed by atoms with van der Waals surface area (Å²) in [5.74, 6) is -1.62. The third-order valence-electron chi connectivity index (χ3n) is 5.85. The summed E-state index contributed by atoms with van der Waals surface area (Å²) in [7, 11) is 5.18. The number of carboxylic acid groups (broad SMARTS) is 1. The van der Waals surface area contributed by atoms with Gasteiger partial charge in [0, 0.05) is 37.7 Å². The molecule has 0 fully saturated rings. The average molecular weight is 423 g/mol. The summed E-state index contributed by atoms with van der Waals surface area (Å²) < 4.78 is 6.85. The number of benzene rings is 1. The topological polar surface area (TPSA) is 105 Å². The Bertz CT molecular complexity index is 1260. The van der Waals surface area contributed by atoms with E-state index < -0.39 is 11.9 Å². The van der Waals surface area contributed by atoms with Gasteiger partial charge in [0.25, 0.3) is 5.56 Å². The molecule has 162 valence electrons. The Balaban J connectivity index is 1.99. The lowest BCUT2D eigenvalue weighted by Gasteiger charge is -2.18. The number of phenolic OH excluding ortho intramolecular Hbond substituents is 1. The van der Waals surface area contributed by atoms with Crippen molar-refractivity contribution in [3.8, 4) is 17.1 Å². The summed E-state index contributed by atoms with van der Waals surface area (Å²) in [6, 6.07) is 7.06. The second kappa shape index (κ2) is 7.70. The van der Waals surface area contributed by atoms with Gasteiger partial charge in [0.15, 0.2) is 0 Å². The SMILES string of the molecule is CCC(C(=O)O)c1cc2n(c(=O)c1COC)Cc1cc3c(N(C)C)c(O)ccc3nc1-2. The van der Waals surface area contributed by atoms with E-state index in [1.165, 1.54) is 7.11 Å². The molecule has 1 aliphatic heterocycles. The average Bonchev–Trinajstić information content (AvgIpc) is 3.07. The van der Waals surface area contributed by atoms with Crippen molar-refractivity contribution < 1.29 is 19.7 Å². The number of phenols is 1. The molecule has 8 nitrogen and oxygen atoms in total. The zero-order chi connectivity index (χ0) is 22.4. The molecule has 0 saturated heterocycles. The molecule has 0 bridgehead atoms. The van der Waals surface area contributed by atoms with Gasteiger partial charge in [-0.25, -0.2) is 4.98 Å². The third-order valence-corrected chi connectivity index (χ3v) is 5.85. The Morgan fingerprint density at radius 2 is 2.06 bits per heavy atom. The molecule has 1 unspecified atom stereocenters. The molecule has 1 atom stereocenters. The summed E-state index contributed by atoms with van der Waals surface area (Å²) in [6.07, 6.45) is 0.360. The van der Waals surface area contributed by atoms with Crippen LogP contribution in [0.5, 0.6) is 5.75 Å². The van der Waals surface area contributed by atoms with Gasteiger partial charge in [-0.2, -0.15) is 0 Å².